The van der Waals surface area contributed by atoms with Crippen LogP contribution in [0.3, 0.4) is 0 Å². The number of sulfonamides is 1. The maximum absolute atomic E-state index is 13.4. The number of ether oxygens (including phenoxy) is 2. The van der Waals surface area contributed by atoms with Crippen LogP contribution < -0.4 is 16.4 Å². The summed E-state index contributed by atoms with van der Waals surface area (Å²) >= 11 is 0. The average molecular weight is 573 g/mol. The first-order chi connectivity index (χ1) is 18.7. The summed E-state index contributed by atoms with van der Waals surface area (Å²) in [5, 5.41) is 5.43. The van der Waals surface area contributed by atoms with Crippen LogP contribution >= 0.6 is 0 Å². The summed E-state index contributed by atoms with van der Waals surface area (Å²) in [6.07, 6.45) is -0.147. The molecular formula is C28H36N4O7S. The van der Waals surface area contributed by atoms with Crippen molar-refractivity contribution in [3.05, 3.63) is 53.6 Å². The van der Waals surface area contributed by atoms with E-state index in [1.165, 1.54) is 4.31 Å². The molecule has 3 amide bonds. The summed E-state index contributed by atoms with van der Waals surface area (Å²) in [5.41, 5.74) is 6.85. The molecule has 4 N–H and O–H groups in total. The Labute approximate surface area is 234 Å². The standard InChI is InChI=1S/C28H36N4O7S/c1-27(2,3)39-26(35)31-28(11-13-38-14-12-28)25(34)30-22(24(29)33)15-18-5-7-19(8-6-18)20-9-10-23-21(16-20)17-32(4)40(23,36)37/h5-10,16,22H,11-15,17H2,1-4H3,(H2,29,33)(H,30,34)(H,31,35)/t22-/m0/s1. The molecular weight excluding hydrogens is 536 g/mol. The second kappa shape index (κ2) is 11.2. The largest absolute Gasteiger partial charge is 0.444 e. The number of primary amides is 1. The minimum atomic E-state index is -3.43. The third kappa shape index (κ3) is 6.45. The van der Waals surface area contributed by atoms with Gasteiger partial charge in [-0.2, -0.15) is 4.31 Å². The van der Waals surface area contributed by atoms with Crippen LogP contribution in [-0.2, 0) is 42.1 Å². The molecule has 0 saturated carbocycles. The molecule has 0 aromatic heterocycles. The van der Waals surface area contributed by atoms with Crippen molar-refractivity contribution in [2.75, 3.05) is 20.3 Å². The number of alkyl carbamates (subject to hydrolysis) is 1. The Balaban J connectivity index is 1.47. The van der Waals surface area contributed by atoms with Crippen molar-refractivity contribution in [3.8, 4) is 11.1 Å². The number of hydrogen-bond acceptors (Lipinski definition) is 7. The second-order valence-electron chi connectivity index (χ2n) is 11.2. The van der Waals surface area contributed by atoms with Gasteiger partial charge in [0.25, 0.3) is 0 Å². The number of rotatable bonds is 7. The van der Waals surface area contributed by atoms with Crippen molar-refractivity contribution in [1.29, 1.82) is 0 Å². The highest BCUT2D eigenvalue weighted by atomic mass is 32.2. The fraction of sp³-hybridized carbons (Fsp3) is 0.464. The third-order valence-corrected chi connectivity index (χ3v) is 8.94. The zero-order chi connectivity index (χ0) is 29.3. The Kier molecular flexibility index (Phi) is 8.25. The molecule has 40 heavy (non-hydrogen) atoms. The lowest BCUT2D eigenvalue weighted by molar-refractivity contribution is -0.135. The van der Waals surface area contributed by atoms with Gasteiger partial charge in [-0.25, -0.2) is 13.2 Å². The Morgan fingerprint density at radius 1 is 1.07 bits per heavy atom. The van der Waals surface area contributed by atoms with E-state index in [9.17, 15) is 22.8 Å². The van der Waals surface area contributed by atoms with Crippen molar-refractivity contribution < 1.29 is 32.3 Å². The zero-order valence-electron chi connectivity index (χ0n) is 23.2. The summed E-state index contributed by atoms with van der Waals surface area (Å²) in [7, 11) is -1.88. The van der Waals surface area contributed by atoms with E-state index in [1.54, 1.807) is 40.0 Å². The molecule has 0 radical (unpaired) electrons. The lowest BCUT2D eigenvalue weighted by atomic mass is 9.88. The van der Waals surface area contributed by atoms with Gasteiger partial charge in [0.2, 0.25) is 21.8 Å². The molecule has 2 aliphatic heterocycles. The van der Waals surface area contributed by atoms with E-state index in [0.29, 0.717) is 11.4 Å². The maximum atomic E-state index is 13.4. The van der Waals surface area contributed by atoms with E-state index in [-0.39, 0.29) is 32.5 Å². The van der Waals surface area contributed by atoms with E-state index in [0.717, 1.165) is 22.3 Å². The molecule has 12 heteroatoms. The number of carbonyl (C=O) groups excluding carboxylic acids is 3. The maximum Gasteiger partial charge on any atom is 0.408 e. The summed E-state index contributed by atoms with van der Waals surface area (Å²) in [6, 6.07) is 11.6. The molecule has 2 aliphatic rings. The fourth-order valence-corrected chi connectivity index (χ4v) is 6.18. The van der Waals surface area contributed by atoms with Crippen molar-refractivity contribution in [3.63, 3.8) is 0 Å². The highest BCUT2D eigenvalue weighted by molar-refractivity contribution is 7.89. The smallest absolute Gasteiger partial charge is 0.408 e. The highest BCUT2D eigenvalue weighted by Crippen LogP contribution is 2.32. The monoisotopic (exact) mass is 572 g/mol. The summed E-state index contributed by atoms with van der Waals surface area (Å²) in [5.74, 6) is -1.24. The molecule has 1 fully saturated rings. The Morgan fingerprint density at radius 3 is 2.30 bits per heavy atom. The number of nitrogens with zero attached hydrogens (tertiary/aromatic N) is 1. The molecule has 2 aromatic rings. The minimum Gasteiger partial charge on any atom is -0.444 e. The molecule has 1 saturated heterocycles. The van der Waals surface area contributed by atoms with E-state index in [4.69, 9.17) is 15.2 Å². The van der Waals surface area contributed by atoms with Crippen LogP contribution in [-0.4, -0.2) is 68.1 Å². The first kappa shape index (κ1) is 29.5. The van der Waals surface area contributed by atoms with Crippen LogP contribution in [0.15, 0.2) is 47.4 Å². The predicted octanol–water partition coefficient (Wildman–Crippen LogP) is 2.07. The van der Waals surface area contributed by atoms with Gasteiger partial charge in [0.1, 0.15) is 17.2 Å². The van der Waals surface area contributed by atoms with Crippen LogP contribution in [0, 0.1) is 0 Å². The van der Waals surface area contributed by atoms with Crippen molar-refractivity contribution >= 4 is 27.9 Å². The normalized spacial score (nSPS) is 18.8. The van der Waals surface area contributed by atoms with E-state index < -0.39 is 45.1 Å². The number of nitrogens with two attached hydrogens (primary N) is 1. The average Bonchev–Trinajstić information content (AvgIpc) is 3.10. The molecule has 0 aliphatic carbocycles. The first-order valence-corrected chi connectivity index (χ1v) is 14.5. The molecule has 1 atom stereocenters. The Bertz CT molecular complexity index is 1390. The van der Waals surface area contributed by atoms with Crippen LogP contribution in [0.1, 0.15) is 44.7 Å². The molecule has 2 aromatic carbocycles. The van der Waals surface area contributed by atoms with Gasteiger partial charge in [-0.1, -0.05) is 30.3 Å². The van der Waals surface area contributed by atoms with E-state index in [1.807, 2.05) is 30.3 Å². The topological polar surface area (TPSA) is 157 Å². The molecule has 2 heterocycles. The number of hydrogen-bond donors (Lipinski definition) is 3. The molecule has 216 valence electrons. The summed E-state index contributed by atoms with van der Waals surface area (Å²) in [4.78, 5) is 38.6. The summed E-state index contributed by atoms with van der Waals surface area (Å²) in [6.45, 7) is 6.02. The van der Waals surface area contributed by atoms with Gasteiger partial charge in [-0.15, -0.1) is 0 Å². The number of nitrogens with one attached hydrogen (secondary N) is 2. The van der Waals surface area contributed by atoms with Gasteiger partial charge >= 0.3 is 6.09 Å². The van der Waals surface area contributed by atoms with Crippen LogP contribution in [0.5, 0.6) is 0 Å². The van der Waals surface area contributed by atoms with Gasteiger partial charge in [0, 0.05) is 46.1 Å². The van der Waals surface area contributed by atoms with Crippen LogP contribution in [0.25, 0.3) is 11.1 Å². The lowest BCUT2D eigenvalue weighted by Crippen LogP contribution is -2.64. The van der Waals surface area contributed by atoms with Gasteiger partial charge in [-0.05, 0) is 55.2 Å². The minimum absolute atomic E-state index is 0.146. The number of carbonyl (C=O) groups is 3. The Morgan fingerprint density at radius 2 is 1.70 bits per heavy atom. The zero-order valence-corrected chi connectivity index (χ0v) is 24.0. The first-order valence-electron chi connectivity index (χ1n) is 13.1. The quantitative estimate of drug-likeness (QED) is 0.458. The van der Waals surface area contributed by atoms with Crippen molar-refractivity contribution in [2.45, 2.75) is 68.7 Å². The molecule has 0 bridgehead atoms. The number of benzene rings is 2. The molecule has 0 unspecified atom stereocenters. The predicted molar refractivity (Wildman–Crippen MR) is 148 cm³/mol. The number of fused-ring (bicyclic) bond motifs is 1. The van der Waals surface area contributed by atoms with Gasteiger partial charge < -0.3 is 25.8 Å². The van der Waals surface area contributed by atoms with Gasteiger partial charge in [-0.3, -0.25) is 9.59 Å². The Hall–Kier alpha value is -3.48. The van der Waals surface area contributed by atoms with Gasteiger partial charge in [0.15, 0.2) is 0 Å². The van der Waals surface area contributed by atoms with Gasteiger partial charge in [0.05, 0.1) is 4.90 Å². The second-order valence-corrected chi connectivity index (χ2v) is 13.2. The molecule has 0 spiro atoms. The summed E-state index contributed by atoms with van der Waals surface area (Å²) < 4.78 is 36.8. The molecule has 4 rings (SSSR count). The molecule has 11 nitrogen and oxygen atoms in total. The van der Waals surface area contributed by atoms with Crippen LogP contribution in [0.4, 0.5) is 4.79 Å². The van der Waals surface area contributed by atoms with Crippen molar-refractivity contribution in [2.24, 2.45) is 5.73 Å². The van der Waals surface area contributed by atoms with E-state index >= 15 is 0 Å². The SMILES string of the molecule is CN1Cc2cc(-c3ccc(C[C@H](NC(=O)C4(NC(=O)OC(C)(C)C)CCOCC4)C(N)=O)cc3)ccc2S1(=O)=O. The highest BCUT2D eigenvalue weighted by Gasteiger charge is 2.43. The fourth-order valence-electron chi connectivity index (χ4n) is 4.84. The van der Waals surface area contributed by atoms with Crippen molar-refractivity contribution in [1.82, 2.24) is 14.9 Å². The number of amides is 3. The van der Waals surface area contributed by atoms with Crippen LogP contribution in [0.2, 0.25) is 0 Å². The third-order valence-electron chi connectivity index (χ3n) is 7.04. The lowest BCUT2D eigenvalue weighted by Gasteiger charge is -2.37. The van der Waals surface area contributed by atoms with E-state index in [2.05, 4.69) is 10.6 Å².